The quantitative estimate of drug-likeness (QED) is 0.396. The summed E-state index contributed by atoms with van der Waals surface area (Å²) < 4.78 is 14.0. The van der Waals surface area contributed by atoms with Crippen LogP contribution in [0.1, 0.15) is 17.0 Å². The number of benzene rings is 3. The maximum absolute atomic E-state index is 9.71. The van der Waals surface area contributed by atoms with Crippen LogP contribution in [-0.2, 0) is 20.1 Å². The molecule has 0 amide bonds. The lowest BCUT2D eigenvalue weighted by Gasteiger charge is -2.10. The van der Waals surface area contributed by atoms with Gasteiger partial charge in [-0.2, -0.15) is 0 Å². The number of hydrogen-bond donors (Lipinski definition) is 2. The SMILES string of the molecule is Cc1cc(Oc2ccc3nc(COc4ccc(CC5CNCS5)cc4)n(C)c3c2)ccc1O. The van der Waals surface area contributed by atoms with Crippen molar-refractivity contribution < 1.29 is 14.6 Å². The van der Waals surface area contributed by atoms with Gasteiger partial charge in [0, 0.05) is 30.8 Å². The monoisotopic (exact) mass is 461 g/mol. The molecule has 170 valence electrons. The topological polar surface area (TPSA) is 68.5 Å². The average Bonchev–Trinajstić information content (AvgIpc) is 3.44. The van der Waals surface area contributed by atoms with Gasteiger partial charge in [0.1, 0.15) is 35.4 Å². The molecule has 7 heteroatoms. The standard InChI is InChI=1S/C26H27N3O3S/c1-17-11-20(8-10-25(17)30)32-21-7-9-23-24(13-21)29(2)26(28-23)15-31-19-5-3-18(4-6-19)12-22-14-27-16-33-22/h3-11,13,22,27,30H,12,14-16H2,1-2H3. The van der Waals surface area contributed by atoms with Gasteiger partial charge in [-0.3, -0.25) is 0 Å². The number of phenols is 1. The Bertz CT molecular complexity index is 1260. The van der Waals surface area contributed by atoms with Crippen LogP contribution in [0.25, 0.3) is 11.0 Å². The molecule has 1 atom stereocenters. The van der Waals surface area contributed by atoms with Crippen molar-refractivity contribution in [2.45, 2.75) is 25.2 Å². The molecule has 3 aromatic carbocycles. The highest BCUT2D eigenvalue weighted by molar-refractivity contribution is 8.00. The van der Waals surface area contributed by atoms with Crippen LogP contribution >= 0.6 is 11.8 Å². The third-order valence-corrected chi connectivity index (χ3v) is 7.07. The van der Waals surface area contributed by atoms with E-state index in [1.807, 2.05) is 66.7 Å². The predicted octanol–water partition coefficient (Wildman–Crippen LogP) is 5.16. The molecule has 1 aromatic heterocycles. The van der Waals surface area contributed by atoms with E-state index < -0.39 is 0 Å². The number of phenolic OH excluding ortho intramolecular Hbond substituents is 1. The van der Waals surface area contributed by atoms with Crippen molar-refractivity contribution in [3.8, 4) is 23.0 Å². The molecule has 0 saturated carbocycles. The second kappa shape index (κ2) is 9.37. The van der Waals surface area contributed by atoms with Crippen LogP contribution in [0.4, 0.5) is 0 Å². The number of aromatic nitrogens is 2. The summed E-state index contributed by atoms with van der Waals surface area (Å²) in [6.07, 6.45) is 1.08. The molecule has 0 spiro atoms. The number of fused-ring (bicyclic) bond motifs is 1. The minimum atomic E-state index is 0.258. The van der Waals surface area contributed by atoms with Crippen molar-refractivity contribution in [3.05, 3.63) is 77.6 Å². The largest absolute Gasteiger partial charge is 0.508 e. The third-order valence-electron chi connectivity index (χ3n) is 5.90. The Labute approximate surface area is 197 Å². The zero-order valence-electron chi connectivity index (χ0n) is 18.7. The van der Waals surface area contributed by atoms with Crippen LogP contribution in [0.15, 0.2) is 60.7 Å². The molecule has 1 saturated heterocycles. The summed E-state index contributed by atoms with van der Waals surface area (Å²) in [6, 6.07) is 19.4. The number of thioether (sulfide) groups is 1. The van der Waals surface area contributed by atoms with Gasteiger partial charge in [-0.1, -0.05) is 12.1 Å². The molecular formula is C26H27N3O3S. The van der Waals surface area contributed by atoms with Gasteiger partial charge in [0.2, 0.25) is 0 Å². The fraction of sp³-hybridized carbons (Fsp3) is 0.269. The van der Waals surface area contributed by atoms with Crippen molar-refractivity contribution in [2.24, 2.45) is 7.05 Å². The highest BCUT2D eigenvalue weighted by Gasteiger charge is 2.15. The van der Waals surface area contributed by atoms with Crippen LogP contribution in [0.3, 0.4) is 0 Å². The number of imidazole rings is 1. The van der Waals surface area contributed by atoms with Crippen LogP contribution in [0.2, 0.25) is 0 Å². The van der Waals surface area contributed by atoms with Gasteiger partial charge >= 0.3 is 0 Å². The lowest BCUT2D eigenvalue weighted by Crippen LogP contribution is -2.14. The van der Waals surface area contributed by atoms with E-state index in [4.69, 9.17) is 14.5 Å². The number of hydrogen-bond acceptors (Lipinski definition) is 6. The molecule has 1 aliphatic rings. The van der Waals surface area contributed by atoms with E-state index in [0.29, 0.717) is 23.4 Å². The summed E-state index contributed by atoms with van der Waals surface area (Å²) >= 11 is 1.98. The van der Waals surface area contributed by atoms with Crippen molar-refractivity contribution in [2.75, 3.05) is 12.4 Å². The van der Waals surface area contributed by atoms with Crippen LogP contribution in [-0.4, -0.2) is 32.3 Å². The number of nitrogens with zero attached hydrogens (tertiary/aromatic N) is 2. The molecule has 1 unspecified atom stereocenters. The van der Waals surface area contributed by atoms with E-state index >= 15 is 0 Å². The molecule has 1 fully saturated rings. The molecule has 0 radical (unpaired) electrons. The highest BCUT2D eigenvalue weighted by Crippen LogP contribution is 2.29. The van der Waals surface area contributed by atoms with Crippen molar-refractivity contribution >= 4 is 22.8 Å². The maximum atomic E-state index is 9.71. The van der Waals surface area contributed by atoms with Crippen LogP contribution in [0, 0.1) is 6.92 Å². The summed E-state index contributed by atoms with van der Waals surface area (Å²) in [5, 5.41) is 13.8. The molecular weight excluding hydrogens is 434 g/mol. The van der Waals surface area contributed by atoms with Crippen molar-refractivity contribution in [3.63, 3.8) is 0 Å². The number of rotatable bonds is 7. The molecule has 1 aliphatic heterocycles. The van der Waals surface area contributed by atoms with Gasteiger partial charge < -0.3 is 24.5 Å². The van der Waals surface area contributed by atoms with Gasteiger partial charge in [0.25, 0.3) is 0 Å². The van der Waals surface area contributed by atoms with Crippen LogP contribution < -0.4 is 14.8 Å². The normalized spacial score (nSPS) is 15.8. The first-order valence-corrected chi connectivity index (χ1v) is 12.1. The second-order valence-electron chi connectivity index (χ2n) is 8.31. The Kier molecular flexibility index (Phi) is 6.15. The van der Waals surface area contributed by atoms with E-state index in [1.165, 1.54) is 5.56 Å². The minimum absolute atomic E-state index is 0.258. The highest BCUT2D eigenvalue weighted by atomic mass is 32.2. The summed E-state index contributed by atoms with van der Waals surface area (Å²) in [4.78, 5) is 4.73. The van der Waals surface area contributed by atoms with Crippen molar-refractivity contribution in [1.82, 2.24) is 14.9 Å². The molecule has 2 heterocycles. The molecule has 33 heavy (non-hydrogen) atoms. The lowest BCUT2D eigenvalue weighted by atomic mass is 10.1. The molecule has 0 bridgehead atoms. The first-order chi connectivity index (χ1) is 16.0. The van der Waals surface area contributed by atoms with Gasteiger partial charge in [-0.15, -0.1) is 11.8 Å². The molecule has 0 aliphatic carbocycles. The molecule has 5 rings (SSSR count). The molecule has 2 N–H and O–H groups in total. The summed E-state index contributed by atoms with van der Waals surface area (Å²) in [7, 11) is 1.99. The van der Waals surface area contributed by atoms with Gasteiger partial charge in [0.15, 0.2) is 0 Å². The Morgan fingerprint density at radius 3 is 2.58 bits per heavy atom. The van der Waals surface area contributed by atoms with E-state index in [2.05, 4.69) is 17.4 Å². The first-order valence-electron chi connectivity index (χ1n) is 11.0. The van der Waals surface area contributed by atoms with Gasteiger partial charge in [-0.05, 0) is 66.9 Å². The number of aryl methyl sites for hydroxylation is 2. The zero-order chi connectivity index (χ0) is 22.8. The Morgan fingerprint density at radius 1 is 1.06 bits per heavy atom. The molecule has 6 nitrogen and oxygen atoms in total. The summed E-state index contributed by atoms with van der Waals surface area (Å²) in [6.45, 7) is 3.32. The number of nitrogens with one attached hydrogen (secondary N) is 1. The fourth-order valence-electron chi connectivity index (χ4n) is 3.96. The lowest BCUT2D eigenvalue weighted by molar-refractivity contribution is 0.292. The fourth-order valence-corrected chi connectivity index (χ4v) is 4.98. The van der Waals surface area contributed by atoms with E-state index in [9.17, 15) is 5.11 Å². The van der Waals surface area contributed by atoms with E-state index in [0.717, 1.165) is 47.0 Å². The number of ether oxygens (including phenoxy) is 2. The smallest absolute Gasteiger partial charge is 0.147 e. The van der Waals surface area contributed by atoms with Gasteiger partial charge in [-0.25, -0.2) is 4.98 Å². The molecule has 4 aromatic rings. The van der Waals surface area contributed by atoms with E-state index in [1.54, 1.807) is 12.1 Å². The van der Waals surface area contributed by atoms with E-state index in [-0.39, 0.29) is 5.75 Å². The Balaban J connectivity index is 1.25. The third kappa shape index (κ3) is 4.94. The average molecular weight is 462 g/mol. The maximum Gasteiger partial charge on any atom is 0.147 e. The number of aromatic hydroxyl groups is 1. The Morgan fingerprint density at radius 2 is 1.82 bits per heavy atom. The summed E-state index contributed by atoms with van der Waals surface area (Å²) in [5.41, 5.74) is 3.97. The summed E-state index contributed by atoms with van der Waals surface area (Å²) in [5.74, 6) is 4.40. The van der Waals surface area contributed by atoms with Crippen molar-refractivity contribution in [1.29, 1.82) is 0 Å². The van der Waals surface area contributed by atoms with Gasteiger partial charge in [0.05, 0.1) is 11.0 Å². The van der Waals surface area contributed by atoms with Crippen LogP contribution in [0.5, 0.6) is 23.0 Å². The Hall–Kier alpha value is -3.16. The minimum Gasteiger partial charge on any atom is -0.508 e. The predicted molar refractivity (Wildman–Crippen MR) is 132 cm³/mol. The second-order valence-corrected chi connectivity index (χ2v) is 9.60. The first kappa shape index (κ1) is 21.7. The zero-order valence-corrected chi connectivity index (χ0v) is 19.6.